The standard InChI is InChI=1S/C17H11FN6O/c18-12-4-1-3-11(9-12)13-10-21-15-6-5-14(23-24(13)15)22-17(25)16-19-7-2-8-20-16/h1-10H,(H,22,23,25). The number of nitrogens with zero attached hydrogens (tertiary/aromatic N) is 5. The van der Waals surface area contributed by atoms with Crippen molar-refractivity contribution in [1.82, 2.24) is 24.6 Å². The molecule has 0 saturated heterocycles. The minimum Gasteiger partial charge on any atom is -0.302 e. The van der Waals surface area contributed by atoms with Crippen LogP contribution in [0.3, 0.4) is 0 Å². The van der Waals surface area contributed by atoms with Crippen LogP contribution in [0, 0.1) is 5.82 Å². The minimum absolute atomic E-state index is 0.0420. The van der Waals surface area contributed by atoms with Gasteiger partial charge in [0.25, 0.3) is 5.91 Å². The van der Waals surface area contributed by atoms with Gasteiger partial charge in [0.2, 0.25) is 5.82 Å². The second-order valence-corrected chi connectivity index (χ2v) is 5.17. The number of imidazole rings is 1. The molecule has 1 aromatic carbocycles. The van der Waals surface area contributed by atoms with Gasteiger partial charge in [0.05, 0.1) is 11.9 Å². The number of aromatic nitrogens is 5. The van der Waals surface area contributed by atoms with E-state index in [1.807, 2.05) is 0 Å². The number of benzene rings is 1. The third-order valence-electron chi connectivity index (χ3n) is 3.49. The van der Waals surface area contributed by atoms with E-state index in [4.69, 9.17) is 0 Å². The Hall–Kier alpha value is -3.68. The van der Waals surface area contributed by atoms with Crippen molar-refractivity contribution in [3.8, 4) is 11.3 Å². The molecule has 0 saturated carbocycles. The molecule has 3 aromatic heterocycles. The number of amides is 1. The molecule has 1 amide bonds. The van der Waals surface area contributed by atoms with Crippen molar-refractivity contribution in [2.45, 2.75) is 0 Å². The van der Waals surface area contributed by atoms with Gasteiger partial charge in [0.1, 0.15) is 5.82 Å². The molecule has 7 nitrogen and oxygen atoms in total. The zero-order valence-corrected chi connectivity index (χ0v) is 12.8. The highest BCUT2D eigenvalue weighted by atomic mass is 19.1. The van der Waals surface area contributed by atoms with Crippen molar-refractivity contribution in [2.24, 2.45) is 0 Å². The summed E-state index contributed by atoms with van der Waals surface area (Å²) in [6, 6.07) is 11.1. The molecule has 0 aliphatic heterocycles. The van der Waals surface area contributed by atoms with E-state index >= 15 is 0 Å². The maximum atomic E-state index is 13.5. The molecule has 0 aliphatic carbocycles. The summed E-state index contributed by atoms with van der Waals surface area (Å²) in [5, 5.41) is 6.98. The first kappa shape index (κ1) is 14.9. The lowest BCUT2D eigenvalue weighted by Gasteiger charge is -2.05. The Kier molecular flexibility index (Phi) is 3.62. The molecular weight excluding hydrogens is 323 g/mol. The van der Waals surface area contributed by atoms with Crippen molar-refractivity contribution < 1.29 is 9.18 Å². The number of hydrogen-bond donors (Lipinski definition) is 1. The maximum absolute atomic E-state index is 13.5. The molecule has 4 aromatic rings. The van der Waals surface area contributed by atoms with Gasteiger partial charge in [-0.25, -0.2) is 23.9 Å². The topological polar surface area (TPSA) is 85.1 Å². The van der Waals surface area contributed by atoms with E-state index in [2.05, 4.69) is 25.4 Å². The van der Waals surface area contributed by atoms with Crippen LogP contribution in [-0.4, -0.2) is 30.5 Å². The summed E-state index contributed by atoms with van der Waals surface area (Å²) >= 11 is 0. The van der Waals surface area contributed by atoms with Gasteiger partial charge >= 0.3 is 0 Å². The molecule has 4 rings (SSSR count). The van der Waals surface area contributed by atoms with Crippen LogP contribution in [0.15, 0.2) is 61.1 Å². The monoisotopic (exact) mass is 334 g/mol. The lowest BCUT2D eigenvalue weighted by molar-refractivity contribution is 0.101. The van der Waals surface area contributed by atoms with E-state index in [0.717, 1.165) is 0 Å². The van der Waals surface area contributed by atoms with Gasteiger partial charge < -0.3 is 5.32 Å². The first-order valence-corrected chi connectivity index (χ1v) is 7.40. The number of hydrogen-bond acceptors (Lipinski definition) is 5. The fourth-order valence-electron chi connectivity index (χ4n) is 2.37. The van der Waals surface area contributed by atoms with E-state index in [-0.39, 0.29) is 11.6 Å². The minimum atomic E-state index is -0.472. The van der Waals surface area contributed by atoms with Crippen LogP contribution in [0.1, 0.15) is 10.6 Å². The first-order valence-electron chi connectivity index (χ1n) is 7.40. The number of carbonyl (C=O) groups excluding carboxylic acids is 1. The van der Waals surface area contributed by atoms with Crippen LogP contribution in [0.25, 0.3) is 16.9 Å². The first-order chi connectivity index (χ1) is 12.2. The van der Waals surface area contributed by atoms with Crippen molar-refractivity contribution >= 4 is 17.4 Å². The number of nitrogens with one attached hydrogen (secondary N) is 1. The highest BCUT2D eigenvalue weighted by Gasteiger charge is 2.12. The van der Waals surface area contributed by atoms with Gasteiger partial charge in [-0.3, -0.25) is 4.79 Å². The quantitative estimate of drug-likeness (QED) is 0.622. The predicted octanol–water partition coefficient (Wildman–Crippen LogP) is 2.58. The maximum Gasteiger partial charge on any atom is 0.294 e. The Bertz CT molecular complexity index is 1060. The summed E-state index contributed by atoms with van der Waals surface area (Å²) in [6.45, 7) is 0. The molecule has 1 N–H and O–H groups in total. The molecule has 0 atom stereocenters. The van der Waals surface area contributed by atoms with E-state index < -0.39 is 5.91 Å². The molecule has 122 valence electrons. The Labute approximate surface area is 141 Å². The molecule has 0 aliphatic rings. The van der Waals surface area contributed by atoms with Crippen LogP contribution >= 0.6 is 0 Å². The van der Waals surface area contributed by atoms with Crippen LogP contribution < -0.4 is 5.32 Å². The van der Waals surface area contributed by atoms with Crippen LogP contribution in [-0.2, 0) is 0 Å². The molecule has 0 unspecified atom stereocenters. The van der Waals surface area contributed by atoms with Crippen molar-refractivity contribution in [2.75, 3.05) is 5.32 Å². The highest BCUT2D eigenvalue weighted by molar-refractivity contribution is 6.00. The molecule has 0 bridgehead atoms. The van der Waals surface area contributed by atoms with Gasteiger partial charge in [0.15, 0.2) is 11.5 Å². The highest BCUT2D eigenvalue weighted by Crippen LogP contribution is 2.21. The Morgan fingerprint density at radius 2 is 1.88 bits per heavy atom. The second kappa shape index (κ2) is 6.08. The third-order valence-corrected chi connectivity index (χ3v) is 3.49. The fourth-order valence-corrected chi connectivity index (χ4v) is 2.37. The molecule has 0 spiro atoms. The van der Waals surface area contributed by atoms with Gasteiger partial charge in [-0.15, -0.1) is 5.10 Å². The second-order valence-electron chi connectivity index (χ2n) is 5.17. The third kappa shape index (κ3) is 2.92. The molecule has 3 heterocycles. The summed E-state index contributed by atoms with van der Waals surface area (Å²) in [5.74, 6) is -0.473. The van der Waals surface area contributed by atoms with Crippen LogP contribution in [0.5, 0.6) is 0 Å². The normalized spacial score (nSPS) is 10.8. The Balaban J connectivity index is 1.70. The van der Waals surface area contributed by atoms with Gasteiger partial charge in [-0.2, -0.15) is 0 Å². The van der Waals surface area contributed by atoms with E-state index in [9.17, 15) is 9.18 Å². The van der Waals surface area contributed by atoms with Gasteiger partial charge in [-0.1, -0.05) is 12.1 Å². The SMILES string of the molecule is O=C(Nc1ccc2ncc(-c3cccc(F)c3)n2n1)c1ncccn1. The van der Waals surface area contributed by atoms with Crippen molar-refractivity contribution in [3.63, 3.8) is 0 Å². The zero-order valence-electron chi connectivity index (χ0n) is 12.8. The summed E-state index contributed by atoms with van der Waals surface area (Å²) in [5.41, 5.74) is 1.82. The van der Waals surface area contributed by atoms with E-state index in [0.29, 0.717) is 22.7 Å². The molecule has 0 radical (unpaired) electrons. The van der Waals surface area contributed by atoms with Gasteiger partial charge in [0, 0.05) is 18.0 Å². The fraction of sp³-hybridized carbons (Fsp3) is 0. The number of halogens is 1. The molecule has 0 fully saturated rings. The molecular formula is C17H11FN6O. The zero-order chi connectivity index (χ0) is 17.2. The van der Waals surface area contributed by atoms with Crippen molar-refractivity contribution in [1.29, 1.82) is 0 Å². The van der Waals surface area contributed by atoms with E-state index in [1.54, 1.807) is 36.5 Å². The number of carbonyl (C=O) groups is 1. The Morgan fingerprint density at radius 1 is 1.04 bits per heavy atom. The lowest BCUT2D eigenvalue weighted by Crippen LogP contribution is -2.16. The number of anilines is 1. The number of fused-ring (bicyclic) bond motifs is 1. The molecule has 25 heavy (non-hydrogen) atoms. The average molecular weight is 334 g/mol. The van der Waals surface area contributed by atoms with Crippen molar-refractivity contribution in [3.05, 3.63) is 72.7 Å². The number of rotatable bonds is 3. The summed E-state index contributed by atoms with van der Waals surface area (Å²) in [6.07, 6.45) is 4.57. The van der Waals surface area contributed by atoms with Crippen LogP contribution in [0.4, 0.5) is 10.2 Å². The van der Waals surface area contributed by atoms with Crippen LogP contribution in [0.2, 0.25) is 0 Å². The predicted molar refractivity (Wildman–Crippen MR) is 88.4 cm³/mol. The Morgan fingerprint density at radius 3 is 2.68 bits per heavy atom. The van der Waals surface area contributed by atoms with Gasteiger partial charge in [-0.05, 0) is 30.3 Å². The summed E-state index contributed by atoms with van der Waals surface area (Å²) < 4.78 is 15.0. The largest absolute Gasteiger partial charge is 0.302 e. The van der Waals surface area contributed by atoms with E-state index in [1.165, 1.54) is 29.0 Å². The average Bonchev–Trinajstić information content (AvgIpc) is 3.06. The smallest absolute Gasteiger partial charge is 0.294 e. The summed E-state index contributed by atoms with van der Waals surface area (Å²) in [4.78, 5) is 24.2. The lowest BCUT2D eigenvalue weighted by atomic mass is 10.2. The summed E-state index contributed by atoms with van der Waals surface area (Å²) in [7, 11) is 0. The molecule has 8 heteroatoms.